The maximum atomic E-state index is 12.1. The van der Waals surface area contributed by atoms with Gasteiger partial charge in [0.05, 0.1) is 11.4 Å². The highest BCUT2D eigenvalue weighted by Gasteiger charge is 2.24. The molecule has 1 saturated heterocycles. The second kappa shape index (κ2) is 6.82. The average molecular weight is 346 g/mol. The molecule has 1 aromatic heterocycles. The van der Waals surface area contributed by atoms with Crippen molar-refractivity contribution in [3.63, 3.8) is 0 Å². The predicted octanol–water partition coefficient (Wildman–Crippen LogP) is 0.716. The summed E-state index contributed by atoms with van der Waals surface area (Å²) in [6.45, 7) is 6.36. The van der Waals surface area contributed by atoms with Crippen LogP contribution in [0, 0.1) is 6.92 Å². The lowest BCUT2D eigenvalue weighted by Crippen LogP contribution is -2.53. The zero-order valence-electron chi connectivity index (χ0n) is 13.1. The summed E-state index contributed by atoms with van der Waals surface area (Å²) in [6, 6.07) is -0.590. The number of rotatable bonds is 4. The van der Waals surface area contributed by atoms with Crippen molar-refractivity contribution in [2.75, 3.05) is 43.1 Å². The molecule has 1 aliphatic heterocycles. The van der Waals surface area contributed by atoms with Crippen LogP contribution in [0.2, 0.25) is 0 Å². The Morgan fingerprint density at radius 2 is 2.05 bits per heavy atom. The van der Waals surface area contributed by atoms with E-state index in [4.69, 9.17) is 0 Å². The van der Waals surface area contributed by atoms with Crippen molar-refractivity contribution in [1.29, 1.82) is 0 Å². The first-order valence-corrected chi connectivity index (χ1v) is 10.1. The van der Waals surface area contributed by atoms with Crippen LogP contribution in [0.3, 0.4) is 0 Å². The van der Waals surface area contributed by atoms with E-state index in [1.807, 2.05) is 12.3 Å². The molecule has 1 atom stereocenters. The van der Waals surface area contributed by atoms with Crippen LogP contribution in [0.4, 0.5) is 9.93 Å². The molecule has 2 heterocycles. The van der Waals surface area contributed by atoms with Gasteiger partial charge in [-0.05, 0) is 13.8 Å². The van der Waals surface area contributed by atoms with E-state index in [0.717, 1.165) is 23.9 Å². The van der Waals surface area contributed by atoms with Crippen LogP contribution in [0.5, 0.6) is 0 Å². The predicted molar refractivity (Wildman–Crippen MR) is 88.3 cm³/mol. The number of sulfone groups is 1. The Bertz CT molecular complexity index is 621. The number of carbonyl (C=O) groups is 1. The van der Waals surface area contributed by atoms with Gasteiger partial charge in [0.1, 0.15) is 9.84 Å². The summed E-state index contributed by atoms with van der Waals surface area (Å²) in [5.41, 5.74) is 1.01. The quantitative estimate of drug-likeness (QED) is 0.868. The van der Waals surface area contributed by atoms with Gasteiger partial charge in [0, 0.05) is 43.9 Å². The van der Waals surface area contributed by atoms with Crippen LogP contribution in [0.25, 0.3) is 0 Å². The second-order valence-corrected chi connectivity index (χ2v) is 8.71. The van der Waals surface area contributed by atoms with Gasteiger partial charge < -0.3 is 15.1 Å². The number of hydrogen-bond acceptors (Lipinski definition) is 6. The molecule has 2 rings (SSSR count). The second-order valence-electron chi connectivity index (χ2n) is 5.69. The van der Waals surface area contributed by atoms with Crippen LogP contribution >= 0.6 is 11.3 Å². The molecule has 1 aromatic rings. The number of anilines is 1. The lowest BCUT2D eigenvalue weighted by Gasteiger charge is -2.35. The van der Waals surface area contributed by atoms with Crippen molar-refractivity contribution < 1.29 is 13.2 Å². The van der Waals surface area contributed by atoms with Crippen LogP contribution in [-0.2, 0) is 9.84 Å². The third-order valence-electron chi connectivity index (χ3n) is 3.37. The highest BCUT2D eigenvalue weighted by atomic mass is 32.2. The van der Waals surface area contributed by atoms with Gasteiger partial charge in [-0.3, -0.25) is 0 Å². The molecule has 1 N–H and O–H groups in total. The number of nitrogens with one attached hydrogen (secondary N) is 1. The molecule has 1 fully saturated rings. The lowest BCUT2D eigenvalue weighted by atomic mass is 10.3. The van der Waals surface area contributed by atoms with Crippen LogP contribution < -0.4 is 10.2 Å². The van der Waals surface area contributed by atoms with Gasteiger partial charge in [-0.2, -0.15) is 0 Å². The molecule has 0 bridgehead atoms. The van der Waals surface area contributed by atoms with E-state index in [1.165, 1.54) is 6.26 Å². The van der Waals surface area contributed by atoms with Gasteiger partial charge in [0.15, 0.2) is 5.13 Å². The fraction of sp³-hybridized carbons (Fsp3) is 0.692. The zero-order chi connectivity index (χ0) is 16.3. The Balaban J connectivity index is 1.82. The largest absolute Gasteiger partial charge is 0.345 e. The lowest BCUT2D eigenvalue weighted by molar-refractivity contribution is 0.192. The minimum absolute atomic E-state index is 0.0445. The number of aromatic nitrogens is 1. The zero-order valence-corrected chi connectivity index (χ0v) is 14.7. The maximum Gasteiger partial charge on any atom is 0.317 e. The summed E-state index contributed by atoms with van der Waals surface area (Å²) in [7, 11) is -3.09. The Labute approximate surface area is 135 Å². The molecule has 7 nitrogen and oxygen atoms in total. The number of nitrogens with zero attached hydrogens (tertiary/aromatic N) is 3. The molecule has 0 radical (unpaired) electrons. The first-order chi connectivity index (χ1) is 10.2. The van der Waals surface area contributed by atoms with E-state index < -0.39 is 9.84 Å². The van der Waals surface area contributed by atoms with E-state index >= 15 is 0 Å². The van der Waals surface area contributed by atoms with Gasteiger partial charge >= 0.3 is 6.03 Å². The number of piperazine rings is 1. The SMILES string of the molecule is Cc1csc(N2CCN(C(=O)NC(C)CS(C)(=O)=O)CC2)n1. The maximum absolute atomic E-state index is 12.1. The van der Waals surface area contributed by atoms with Crippen molar-refractivity contribution in [2.24, 2.45) is 0 Å². The van der Waals surface area contributed by atoms with Crippen molar-refractivity contribution >= 4 is 32.3 Å². The van der Waals surface area contributed by atoms with Crippen molar-refractivity contribution in [1.82, 2.24) is 15.2 Å². The van der Waals surface area contributed by atoms with Gasteiger partial charge in [0.2, 0.25) is 0 Å². The molecule has 9 heteroatoms. The summed E-state index contributed by atoms with van der Waals surface area (Å²) in [4.78, 5) is 20.5. The number of thiazole rings is 1. The molecular formula is C13H22N4O3S2. The van der Waals surface area contributed by atoms with E-state index in [-0.39, 0.29) is 17.8 Å². The van der Waals surface area contributed by atoms with Crippen LogP contribution in [0.1, 0.15) is 12.6 Å². The summed E-state index contributed by atoms with van der Waals surface area (Å²) in [6.07, 6.45) is 1.17. The topological polar surface area (TPSA) is 82.6 Å². The Morgan fingerprint density at radius 1 is 1.41 bits per heavy atom. The normalized spacial score (nSPS) is 17.4. The van der Waals surface area contributed by atoms with E-state index in [1.54, 1.807) is 23.2 Å². The van der Waals surface area contributed by atoms with Gasteiger partial charge in [-0.25, -0.2) is 18.2 Å². The average Bonchev–Trinajstić information content (AvgIpc) is 2.83. The molecule has 0 aromatic carbocycles. The van der Waals surface area contributed by atoms with E-state index in [0.29, 0.717) is 13.1 Å². The minimum atomic E-state index is -3.09. The van der Waals surface area contributed by atoms with Crippen molar-refractivity contribution in [2.45, 2.75) is 19.9 Å². The molecule has 0 spiro atoms. The van der Waals surface area contributed by atoms with Crippen molar-refractivity contribution in [3.05, 3.63) is 11.1 Å². The van der Waals surface area contributed by atoms with Crippen molar-refractivity contribution in [3.8, 4) is 0 Å². The molecule has 124 valence electrons. The summed E-state index contributed by atoms with van der Waals surface area (Å²) in [5, 5.41) is 5.75. The van der Waals surface area contributed by atoms with Gasteiger partial charge in [0.25, 0.3) is 0 Å². The van der Waals surface area contributed by atoms with E-state index in [2.05, 4.69) is 15.2 Å². The smallest absolute Gasteiger partial charge is 0.317 e. The van der Waals surface area contributed by atoms with E-state index in [9.17, 15) is 13.2 Å². The molecular weight excluding hydrogens is 324 g/mol. The number of aryl methyl sites for hydroxylation is 1. The highest BCUT2D eigenvalue weighted by molar-refractivity contribution is 7.90. The molecule has 1 unspecified atom stereocenters. The number of carbonyl (C=O) groups excluding carboxylic acids is 1. The summed E-state index contributed by atoms with van der Waals surface area (Å²) >= 11 is 1.61. The third kappa shape index (κ3) is 4.84. The molecule has 0 saturated carbocycles. The fourth-order valence-corrected chi connectivity index (χ4v) is 4.23. The molecule has 22 heavy (non-hydrogen) atoms. The highest BCUT2D eigenvalue weighted by Crippen LogP contribution is 2.21. The first kappa shape index (κ1) is 17.0. The molecule has 2 amide bonds. The number of urea groups is 1. The summed E-state index contributed by atoms with van der Waals surface area (Å²) < 4.78 is 22.4. The van der Waals surface area contributed by atoms with Gasteiger partial charge in [-0.1, -0.05) is 0 Å². The first-order valence-electron chi connectivity index (χ1n) is 7.15. The fourth-order valence-electron chi connectivity index (χ4n) is 2.39. The monoisotopic (exact) mass is 346 g/mol. The van der Waals surface area contributed by atoms with Crippen LogP contribution in [0.15, 0.2) is 5.38 Å². The standard InChI is InChI=1S/C13H22N4O3S2/c1-10-8-21-13(15-10)17-6-4-16(5-7-17)12(18)14-11(2)9-22(3,19)20/h8,11H,4-7,9H2,1-3H3,(H,14,18). The Kier molecular flexibility index (Phi) is 5.28. The van der Waals surface area contributed by atoms with Gasteiger partial charge in [-0.15, -0.1) is 11.3 Å². The Morgan fingerprint density at radius 3 is 2.55 bits per heavy atom. The number of amides is 2. The minimum Gasteiger partial charge on any atom is -0.345 e. The summed E-state index contributed by atoms with van der Waals surface area (Å²) in [5.74, 6) is -0.0445. The third-order valence-corrected chi connectivity index (χ3v) is 5.49. The van der Waals surface area contributed by atoms with Crippen LogP contribution in [-0.4, -0.2) is 68.6 Å². The molecule has 1 aliphatic rings. The Hall–Kier alpha value is -1.35. The number of hydrogen-bond donors (Lipinski definition) is 1. The molecule has 0 aliphatic carbocycles.